The van der Waals surface area contributed by atoms with Crippen molar-refractivity contribution in [3.8, 4) is 0 Å². The number of hydrogen-bond donors (Lipinski definition) is 1. The molecule has 1 heteroatoms. The molecule has 0 radical (unpaired) electrons. The molecule has 1 saturated heterocycles. The Bertz CT molecular complexity index is 184. The second kappa shape index (κ2) is 5.34. The lowest BCUT2D eigenvalue weighted by Crippen LogP contribution is -2.32. The highest BCUT2D eigenvalue weighted by Gasteiger charge is 2.26. The van der Waals surface area contributed by atoms with Gasteiger partial charge >= 0.3 is 0 Å². The predicted octanol–water partition coefficient (Wildman–Crippen LogP) is 3.45. The van der Waals surface area contributed by atoms with Crippen molar-refractivity contribution in [2.75, 3.05) is 13.1 Å². The van der Waals surface area contributed by atoms with Crippen molar-refractivity contribution in [3.63, 3.8) is 0 Å². The van der Waals surface area contributed by atoms with Crippen LogP contribution in [0.4, 0.5) is 0 Å². The summed E-state index contributed by atoms with van der Waals surface area (Å²) >= 11 is 0. The lowest BCUT2D eigenvalue weighted by molar-refractivity contribution is 0.173. The molecule has 1 N–H and O–H groups in total. The van der Waals surface area contributed by atoms with Gasteiger partial charge in [-0.1, -0.05) is 26.7 Å². The summed E-state index contributed by atoms with van der Waals surface area (Å²) in [7, 11) is 0. The molecule has 1 heterocycles. The van der Waals surface area contributed by atoms with Crippen molar-refractivity contribution in [2.24, 2.45) is 23.7 Å². The first-order chi connectivity index (χ1) is 7.25. The van der Waals surface area contributed by atoms with Gasteiger partial charge in [0.25, 0.3) is 0 Å². The van der Waals surface area contributed by atoms with Crippen LogP contribution < -0.4 is 5.32 Å². The van der Waals surface area contributed by atoms with Crippen LogP contribution >= 0.6 is 0 Å². The first-order valence-corrected chi connectivity index (χ1v) is 6.96. The van der Waals surface area contributed by atoms with E-state index in [1.165, 1.54) is 51.6 Å². The van der Waals surface area contributed by atoms with Crippen molar-refractivity contribution in [1.29, 1.82) is 0 Å². The molecule has 0 amide bonds. The van der Waals surface area contributed by atoms with E-state index in [0.29, 0.717) is 0 Å². The average molecular weight is 209 g/mol. The Morgan fingerprint density at radius 1 is 1.00 bits per heavy atom. The summed E-state index contributed by atoms with van der Waals surface area (Å²) in [4.78, 5) is 0. The molecular formula is C14H27N. The minimum absolute atomic E-state index is 0.972. The van der Waals surface area contributed by atoms with E-state index >= 15 is 0 Å². The van der Waals surface area contributed by atoms with E-state index in [0.717, 1.165) is 23.7 Å². The van der Waals surface area contributed by atoms with Gasteiger partial charge in [-0.2, -0.15) is 0 Å². The molecule has 2 aliphatic rings. The lowest BCUT2D eigenvalue weighted by atomic mass is 9.72. The van der Waals surface area contributed by atoms with Crippen LogP contribution in [-0.4, -0.2) is 13.1 Å². The molecule has 2 rings (SSSR count). The highest BCUT2D eigenvalue weighted by Crippen LogP contribution is 2.37. The van der Waals surface area contributed by atoms with Crippen molar-refractivity contribution >= 4 is 0 Å². The van der Waals surface area contributed by atoms with Crippen LogP contribution in [-0.2, 0) is 0 Å². The Labute approximate surface area is 95.0 Å². The predicted molar refractivity (Wildman–Crippen MR) is 65.9 cm³/mol. The van der Waals surface area contributed by atoms with Gasteiger partial charge in [0.15, 0.2) is 0 Å². The molecule has 0 bridgehead atoms. The van der Waals surface area contributed by atoms with Crippen LogP contribution in [0.1, 0.15) is 52.4 Å². The van der Waals surface area contributed by atoms with Crippen molar-refractivity contribution in [1.82, 2.24) is 5.32 Å². The molecule has 1 nitrogen and oxygen atoms in total. The second-order valence-corrected chi connectivity index (χ2v) is 6.08. The van der Waals surface area contributed by atoms with Gasteiger partial charge in [-0.25, -0.2) is 0 Å². The monoisotopic (exact) mass is 209 g/mol. The molecule has 1 aliphatic heterocycles. The third-order valence-electron chi connectivity index (χ3n) is 4.77. The van der Waals surface area contributed by atoms with E-state index in [1.807, 2.05) is 0 Å². The summed E-state index contributed by atoms with van der Waals surface area (Å²) in [5.74, 6) is 3.98. The summed E-state index contributed by atoms with van der Waals surface area (Å²) in [6, 6.07) is 0. The van der Waals surface area contributed by atoms with Crippen LogP contribution in [0, 0.1) is 23.7 Å². The molecular weight excluding hydrogens is 182 g/mol. The van der Waals surface area contributed by atoms with Crippen LogP contribution in [0.15, 0.2) is 0 Å². The highest BCUT2D eigenvalue weighted by atomic mass is 14.9. The van der Waals surface area contributed by atoms with E-state index in [-0.39, 0.29) is 0 Å². The minimum atomic E-state index is 0.972. The van der Waals surface area contributed by atoms with Crippen LogP contribution in [0.5, 0.6) is 0 Å². The largest absolute Gasteiger partial charge is 0.316 e. The zero-order valence-electron chi connectivity index (χ0n) is 10.5. The third-order valence-corrected chi connectivity index (χ3v) is 4.77. The van der Waals surface area contributed by atoms with Gasteiger partial charge in [0.1, 0.15) is 0 Å². The third kappa shape index (κ3) is 3.21. The number of piperidine rings is 1. The summed E-state index contributed by atoms with van der Waals surface area (Å²) in [5.41, 5.74) is 0. The molecule has 0 spiro atoms. The Kier molecular flexibility index (Phi) is 4.07. The fourth-order valence-corrected chi connectivity index (χ4v) is 3.47. The number of hydrogen-bond acceptors (Lipinski definition) is 1. The zero-order chi connectivity index (χ0) is 10.7. The molecule has 1 saturated carbocycles. The van der Waals surface area contributed by atoms with Gasteiger partial charge in [-0.15, -0.1) is 0 Å². The Hall–Kier alpha value is -0.0400. The van der Waals surface area contributed by atoms with Crippen LogP contribution in [0.3, 0.4) is 0 Å². The second-order valence-electron chi connectivity index (χ2n) is 6.08. The highest BCUT2D eigenvalue weighted by molar-refractivity contribution is 4.79. The smallest absolute Gasteiger partial charge is 0.00204 e. The molecule has 2 fully saturated rings. The van der Waals surface area contributed by atoms with Crippen LogP contribution in [0.2, 0.25) is 0 Å². The van der Waals surface area contributed by atoms with E-state index in [1.54, 1.807) is 0 Å². The van der Waals surface area contributed by atoms with Gasteiger partial charge in [0, 0.05) is 0 Å². The molecule has 4 unspecified atom stereocenters. The molecule has 0 aromatic carbocycles. The maximum atomic E-state index is 3.54. The summed E-state index contributed by atoms with van der Waals surface area (Å²) < 4.78 is 0. The summed E-state index contributed by atoms with van der Waals surface area (Å²) in [6.07, 6.45) is 8.87. The average Bonchev–Trinajstić information content (AvgIpc) is 2.25. The van der Waals surface area contributed by atoms with Crippen molar-refractivity contribution < 1.29 is 0 Å². The quantitative estimate of drug-likeness (QED) is 0.734. The molecule has 15 heavy (non-hydrogen) atoms. The molecule has 0 aromatic rings. The standard InChI is InChI=1S/C14H27N/c1-11-5-6-13(8-12(11)2)9-14-4-3-7-15-10-14/h11-15H,3-10H2,1-2H3. The maximum absolute atomic E-state index is 3.54. The van der Waals surface area contributed by atoms with Gasteiger partial charge in [0.2, 0.25) is 0 Å². The normalized spacial score (nSPS) is 42.8. The Balaban J connectivity index is 1.74. The van der Waals surface area contributed by atoms with E-state index in [2.05, 4.69) is 19.2 Å². The zero-order valence-corrected chi connectivity index (χ0v) is 10.5. The molecule has 88 valence electrons. The topological polar surface area (TPSA) is 12.0 Å². The van der Waals surface area contributed by atoms with Crippen molar-refractivity contribution in [3.05, 3.63) is 0 Å². The van der Waals surface area contributed by atoms with Gasteiger partial charge < -0.3 is 5.32 Å². The number of rotatable bonds is 2. The van der Waals surface area contributed by atoms with Crippen molar-refractivity contribution in [2.45, 2.75) is 52.4 Å². The molecule has 1 aliphatic carbocycles. The van der Waals surface area contributed by atoms with E-state index < -0.39 is 0 Å². The Morgan fingerprint density at radius 3 is 2.53 bits per heavy atom. The summed E-state index contributed by atoms with van der Waals surface area (Å²) in [5, 5.41) is 3.54. The SMILES string of the molecule is CC1CCC(CC2CCCNC2)CC1C. The fraction of sp³-hybridized carbons (Fsp3) is 1.00. The Morgan fingerprint density at radius 2 is 1.87 bits per heavy atom. The maximum Gasteiger partial charge on any atom is -0.00204 e. The van der Waals surface area contributed by atoms with Crippen LogP contribution in [0.25, 0.3) is 0 Å². The molecule has 0 aromatic heterocycles. The van der Waals surface area contributed by atoms with Gasteiger partial charge in [0.05, 0.1) is 0 Å². The lowest BCUT2D eigenvalue weighted by Gasteiger charge is -2.35. The first kappa shape index (κ1) is 11.4. The van der Waals surface area contributed by atoms with E-state index in [9.17, 15) is 0 Å². The fourth-order valence-electron chi connectivity index (χ4n) is 3.47. The molecule has 4 atom stereocenters. The summed E-state index contributed by atoms with van der Waals surface area (Å²) in [6.45, 7) is 7.44. The first-order valence-electron chi connectivity index (χ1n) is 6.96. The van der Waals surface area contributed by atoms with E-state index in [4.69, 9.17) is 0 Å². The van der Waals surface area contributed by atoms with Gasteiger partial charge in [-0.05, 0) is 62.4 Å². The van der Waals surface area contributed by atoms with Gasteiger partial charge in [-0.3, -0.25) is 0 Å². The minimum Gasteiger partial charge on any atom is -0.316 e. The number of nitrogens with one attached hydrogen (secondary N) is 1.